The van der Waals surface area contributed by atoms with Crippen molar-refractivity contribution < 1.29 is 5.32 Å². The van der Waals surface area contributed by atoms with E-state index in [-0.39, 0.29) is 0 Å². The van der Waals surface area contributed by atoms with Gasteiger partial charge in [0.15, 0.2) is 0 Å². The molecule has 2 N–H and O–H groups in total. The van der Waals surface area contributed by atoms with E-state index >= 15 is 0 Å². The van der Waals surface area contributed by atoms with Crippen molar-refractivity contribution in [3.8, 4) is 0 Å². The molecule has 1 nitrogen and oxygen atoms in total. The summed E-state index contributed by atoms with van der Waals surface area (Å²) in [5.74, 6) is 4.70. The van der Waals surface area contributed by atoms with Crippen molar-refractivity contribution in [1.29, 1.82) is 0 Å². The lowest BCUT2D eigenvalue weighted by atomic mass is 9.56. The summed E-state index contributed by atoms with van der Waals surface area (Å²) >= 11 is 0. The zero-order valence-corrected chi connectivity index (χ0v) is 12.0. The van der Waals surface area contributed by atoms with E-state index in [2.05, 4.69) is 40.1 Å². The fourth-order valence-electron chi connectivity index (χ4n) is 6.03. The third-order valence-corrected chi connectivity index (χ3v) is 6.91. The Hall–Kier alpha value is -0.0400. The van der Waals surface area contributed by atoms with E-state index < -0.39 is 0 Å². The van der Waals surface area contributed by atoms with E-state index in [9.17, 15) is 0 Å². The van der Waals surface area contributed by atoms with Gasteiger partial charge in [0.05, 0.1) is 5.54 Å². The van der Waals surface area contributed by atoms with E-state index in [0.717, 1.165) is 29.6 Å². The molecule has 3 fully saturated rings. The minimum absolute atomic E-state index is 0.438. The number of hydrogen-bond acceptors (Lipinski definition) is 0. The SMILES string of the molecule is [CH2-][NH2+]C1(C)C2CC3CC(C)(C2)C1CC3C(C)C. The molecule has 6 unspecified atom stereocenters. The van der Waals surface area contributed by atoms with Crippen LogP contribution in [-0.4, -0.2) is 5.54 Å². The molecule has 3 aliphatic rings. The smallest absolute Gasteiger partial charge is 0.0757 e. The van der Waals surface area contributed by atoms with Crippen LogP contribution in [0.4, 0.5) is 0 Å². The second kappa shape index (κ2) is 3.50. The number of fused-ring (bicyclic) bond motifs is 2. The van der Waals surface area contributed by atoms with Crippen molar-refractivity contribution in [2.24, 2.45) is 35.0 Å². The molecule has 0 heterocycles. The van der Waals surface area contributed by atoms with E-state index in [1.54, 1.807) is 0 Å². The average molecular weight is 235 g/mol. The summed E-state index contributed by atoms with van der Waals surface area (Å²) in [6.07, 6.45) is 5.93. The van der Waals surface area contributed by atoms with Gasteiger partial charge in [0.1, 0.15) is 0 Å². The normalized spacial score (nSPS) is 56.8. The van der Waals surface area contributed by atoms with Crippen molar-refractivity contribution in [1.82, 2.24) is 0 Å². The van der Waals surface area contributed by atoms with Crippen molar-refractivity contribution in [3.63, 3.8) is 0 Å². The molecule has 3 aliphatic carbocycles. The minimum Gasteiger partial charge on any atom is -0.474 e. The van der Waals surface area contributed by atoms with E-state index in [4.69, 9.17) is 0 Å². The molecule has 3 rings (SSSR count). The molecule has 3 saturated carbocycles. The van der Waals surface area contributed by atoms with Gasteiger partial charge < -0.3 is 5.32 Å². The molecule has 0 saturated heterocycles. The number of quaternary nitrogens is 1. The first-order valence-electron chi connectivity index (χ1n) is 7.54. The monoisotopic (exact) mass is 235 g/mol. The lowest BCUT2D eigenvalue weighted by Gasteiger charge is -2.48. The van der Waals surface area contributed by atoms with Gasteiger partial charge in [-0.2, -0.15) is 7.05 Å². The molecule has 0 radical (unpaired) electrons. The van der Waals surface area contributed by atoms with Crippen LogP contribution in [-0.2, 0) is 0 Å². The van der Waals surface area contributed by atoms with Gasteiger partial charge in [0, 0.05) is 11.8 Å². The Morgan fingerprint density at radius 2 is 1.88 bits per heavy atom. The van der Waals surface area contributed by atoms with Gasteiger partial charge in [-0.15, -0.1) is 0 Å². The van der Waals surface area contributed by atoms with Gasteiger partial charge in [-0.3, -0.25) is 0 Å². The van der Waals surface area contributed by atoms with E-state index in [0.29, 0.717) is 11.0 Å². The molecule has 3 bridgehead atoms. The fraction of sp³-hybridized carbons (Fsp3) is 0.938. The quantitative estimate of drug-likeness (QED) is 0.709. The lowest BCUT2D eigenvalue weighted by Crippen LogP contribution is -2.93. The molecular formula is C16H29N. The predicted octanol–water partition coefficient (Wildman–Crippen LogP) is 2.83. The maximum Gasteiger partial charge on any atom is 0.0757 e. The van der Waals surface area contributed by atoms with Crippen molar-refractivity contribution in [3.05, 3.63) is 7.05 Å². The first-order chi connectivity index (χ1) is 7.90. The maximum atomic E-state index is 4.19. The highest BCUT2D eigenvalue weighted by Gasteiger charge is 2.65. The molecule has 0 aromatic heterocycles. The van der Waals surface area contributed by atoms with E-state index in [1.807, 2.05) is 0 Å². The molecule has 98 valence electrons. The summed E-state index contributed by atoms with van der Waals surface area (Å²) in [6.45, 7) is 9.95. The van der Waals surface area contributed by atoms with Crippen LogP contribution >= 0.6 is 0 Å². The Balaban J connectivity index is 1.99. The summed E-state index contributed by atoms with van der Waals surface area (Å²) < 4.78 is 0. The predicted molar refractivity (Wildman–Crippen MR) is 71.1 cm³/mol. The molecule has 0 aromatic carbocycles. The fourth-order valence-corrected chi connectivity index (χ4v) is 6.03. The molecule has 0 aromatic rings. The zero-order valence-electron chi connectivity index (χ0n) is 12.0. The summed E-state index contributed by atoms with van der Waals surface area (Å²) in [6, 6.07) is 0. The van der Waals surface area contributed by atoms with Crippen molar-refractivity contribution in [2.75, 3.05) is 0 Å². The third-order valence-electron chi connectivity index (χ3n) is 6.91. The van der Waals surface area contributed by atoms with E-state index in [1.165, 1.54) is 25.7 Å². The highest BCUT2D eigenvalue weighted by Crippen LogP contribution is 2.67. The van der Waals surface area contributed by atoms with Crippen LogP contribution in [0.1, 0.15) is 53.4 Å². The van der Waals surface area contributed by atoms with Gasteiger partial charge >= 0.3 is 0 Å². The van der Waals surface area contributed by atoms with Crippen LogP contribution in [0.5, 0.6) is 0 Å². The van der Waals surface area contributed by atoms with Crippen LogP contribution in [0.2, 0.25) is 0 Å². The lowest BCUT2D eigenvalue weighted by molar-refractivity contribution is -0.687. The molecule has 0 spiro atoms. The minimum atomic E-state index is 0.438. The standard InChI is InChI=1S/C16H29N/c1-10(2)13-7-14-15(3)8-11(13)6-12(9-15)16(14,4)17-5/h10-14H,5-9,17H2,1-4H3. The Morgan fingerprint density at radius 1 is 1.18 bits per heavy atom. The van der Waals surface area contributed by atoms with Crippen LogP contribution in [0.3, 0.4) is 0 Å². The van der Waals surface area contributed by atoms with Crippen LogP contribution in [0.15, 0.2) is 0 Å². The summed E-state index contributed by atoms with van der Waals surface area (Å²) in [5.41, 5.74) is 1.08. The topological polar surface area (TPSA) is 16.6 Å². The number of rotatable bonds is 2. The van der Waals surface area contributed by atoms with Gasteiger partial charge in [0.25, 0.3) is 0 Å². The molecule has 1 heteroatoms. The first-order valence-corrected chi connectivity index (χ1v) is 7.54. The van der Waals surface area contributed by atoms with Crippen molar-refractivity contribution >= 4 is 0 Å². The highest BCUT2D eigenvalue weighted by atomic mass is 15.0. The second-order valence-electron chi connectivity index (χ2n) is 8.02. The van der Waals surface area contributed by atoms with Gasteiger partial charge in [-0.25, -0.2) is 0 Å². The molecule has 6 atom stereocenters. The van der Waals surface area contributed by atoms with Gasteiger partial charge in [-0.1, -0.05) is 20.8 Å². The van der Waals surface area contributed by atoms with Gasteiger partial charge in [0.2, 0.25) is 0 Å². The molecule has 0 aliphatic heterocycles. The van der Waals surface area contributed by atoms with Crippen molar-refractivity contribution in [2.45, 2.75) is 58.9 Å². The molecule has 17 heavy (non-hydrogen) atoms. The number of hydrogen-bond donors (Lipinski definition) is 1. The van der Waals surface area contributed by atoms with Crippen LogP contribution in [0.25, 0.3) is 0 Å². The Morgan fingerprint density at radius 3 is 2.47 bits per heavy atom. The third kappa shape index (κ3) is 1.41. The van der Waals surface area contributed by atoms with Crippen LogP contribution < -0.4 is 5.32 Å². The summed E-state index contributed by atoms with van der Waals surface area (Å²) in [4.78, 5) is 0. The average Bonchev–Trinajstić information content (AvgIpc) is 2.35. The Kier molecular flexibility index (Phi) is 2.47. The Bertz CT molecular complexity index is 323. The number of nitrogens with two attached hydrogens (primary N) is 1. The highest BCUT2D eigenvalue weighted by molar-refractivity contribution is 5.13. The molecule has 0 amide bonds. The first kappa shape index (κ1) is 12.0. The van der Waals surface area contributed by atoms with Crippen LogP contribution in [0, 0.1) is 42.1 Å². The second-order valence-corrected chi connectivity index (χ2v) is 8.02. The Labute approximate surface area is 107 Å². The summed E-state index contributed by atoms with van der Waals surface area (Å²) in [5, 5.41) is 2.32. The summed E-state index contributed by atoms with van der Waals surface area (Å²) in [7, 11) is 4.19. The zero-order chi connectivity index (χ0) is 12.4. The largest absolute Gasteiger partial charge is 0.474 e. The maximum absolute atomic E-state index is 4.19. The molecular weight excluding hydrogens is 206 g/mol. The van der Waals surface area contributed by atoms with Gasteiger partial charge in [-0.05, 0) is 55.8 Å².